The van der Waals surface area contributed by atoms with Crippen LogP contribution < -0.4 is 10.6 Å². The number of ether oxygens (including phenoxy) is 1. The molecule has 1 amide bonds. The van der Waals surface area contributed by atoms with Gasteiger partial charge in [-0.25, -0.2) is 0 Å². The third-order valence-electron chi connectivity index (χ3n) is 3.32. The summed E-state index contributed by atoms with van der Waals surface area (Å²) in [7, 11) is 1.88. The van der Waals surface area contributed by atoms with Gasteiger partial charge in [0.05, 0.1) is 6.61 Å². The zero-order valence-electron chi connectivity index (χ0n) is 12.2. The largest absolute Gasteiger partial charge is 0.366 e. The number of nitrogens with one attached hydrogen (secondary N) is 2. The zero-order valence-corrected chi connectivity index (χ0v) is 13.0. The predicted molar refractivity (Wildman–Crippen MR) is 84.9 cm³/mol. The summed E-state index contributed by atoms with van der Waals surface area (Å²) in [6, 6.07) is 7.52. The van der Waals surface area contributed by atoms with Gasteiger partial charge in [0.15, 0.2) is 5.82 Å². The van der Waals surface area contributed by atoms with Gasteiger partial charge in [0.25, 0.3) is 5.91 Å². The lowest BCUT2D eigenvalue weighted by Gasteiger charge is -2.22. The second-order valence-corrected chi connectivity index (χ2v) is 4.90. The molecule has 1 aromatic heterocycles. The topological polar surface area (TPSA) is 81.1 Å². The molecule has 118 valence electrons. The molecule has 0 spiro atoms. The van der Waals surface area contributed by atoms with E-state index in [1.807, 2.05) is 35.9 Å². The van der Waals surface area contributed by atoms with Crippen molar-refractivity contribution in [3.8, 4) is 11.4 Å². The lowest BCUT2D eigenvalue weighted by Crippen LogP contribution is -2.45. The van der Waals surface area contributed by atoms with E-state index < -0.39 is 6.10 Å². The summed E-state index contributed by atoms with van der Waals surface area (Å²) < 4.78 is 7.26. The van der Waals surface area contributed by atoms with Crippen molar-refractivity contribution in [2.24, 2.45) is 7.05 Å². The van der Waals surface area contributed by atoms with Gasteiger partial charge in [-0.05, 0) is 12.1 Å². The zero-order chi connectivity index (χ0) is 14.7. The van der Waals surface area contributed by atoms with Crippen molar-refractivity contribution in [3.05, 3.63) is 30.6 Å². The Balaban J connectivity index is 0.00000176. The maximum absolute atomic E-state index is 12.1. The normalized spacial score (nSPS) is 17.6. The molecule has 1 atom stereocenters. The average Bonchev–Trinajstić information content (AvgIpc) is 2.94. The van der Waals surface area contributed by atoms with E-state index in [1.165, 1.54) is 0 Å². The molecule has 0 bridgehead atoms. The van der Waals surface area contributed by atoms with Crippen LogP contribution >= 0.6 is 12.4 Å². The predicted octanol–water partition coefficient (Wildman–Crippen LogP) is 0.831. The van der Waals surface area contributed by atoms with Crippen molar-refractivity contribution in [1.29, 1.82) is 0 Å². The molecule has 8 heteroatoms. The number of hydrogen-bond donors (Lipinski definition) is 2. The molecule has 1 aliphatic heterocycles. The second kappa shape index (κ2) is 7.35. The van der Waals surface area contributed by atoms with Gasteiger partial charge >= 0.3 is 0 Å². The van der Waals surface area contributed by atoms with Crippen LogP contribution in [-0.4, -0.2) is 46.5 Å². The Morgan fingerprint density at radius 2 is 2.36 bits per heavy atom. The summed E-state index contributed by atoms with van der Waals surface area (Å²) in [6.45, 7) is 1.87. The number of nitrogens with zero attached hydrogens (tertiary/aromatic N) is 3. The Morgan fingerprint density at radius 1 is 1.50 bits per heavy atom. The van der Waals surface area contributed by atoms with E-state index in [0.717, 1.165) is 23.6 Å². The molecule has 7 nitrogen and oxygen atoms in total. The molecule has 2 heterocycles. The molecule has 1 aliphatic rings. The van der Waals surface area contributed by atoms with E-state index in [9.17, 15) is 4.79 Å². The molecule has 0 saturated carbocycles. The van der Waals surface area contributed by atoms with E-state index in [-0.39, 0.29) is 18.3 Å². The number of amides is 1. The Kier molecular flexibility index (Phi) is 5.48. The van der Waals surface area contributed by atoms with Crippen molar-refractivity contribution in [2.75, 3.05) is 25.0 Å². The SMILES string of the molecule is Cl.Cn1cnnc1-c1cccc(NC(=O)C2CNCCO2)c1. The number of rotatable bonds is 3. The fourth-order valence-electron chi connectivity index (χ4n) is 2.24. The Morgan fingerprint density at radius 3 is 3.05 bits per heavy atom. The van der Waals surface area contributed by atoms with Crippen molar-refractivity contribution < 1.29 is 9.53 Å². The molecule has 1 unspecified atom stereocenters. The number of hydrogen-bond acceptors (Lipinski definition) is 5. The fraction of sp³-hybridized carbons (Fsp3) is 0.357. The monoisotopic (exact) mass is 323 g/mol. The van der Waals surface area contributed by atoms with Crippen LogP contribution in [0.5, 0.6) is 0 Å². The summed E-state index contributed by atoms with van der Waals surface area (Å²) in [4.78, 5) is 12.1. The molecular formula is C14H18ClN5O2. The minimum absolute atomic E-state index is 0. The number of carbonyl (C=O) groups is 1. The molecule has 2 N–H and O–H groups in total. The van der Waals surface area contributed by atoms with Crippen molar-refractivity contribution in [2.45, 2.75) is 6.10 Å². The number of aromatic nitrogens is 3. The smallest absolute Gasteiger partial charge is 0.254 e. The maximum Gasteiger partial charge on any atom is 0.254 e. The highest BCUT2D eigenvalue weighted by Gasteiger charge is 2.21. The summed E-state index contributed by atoms with van der Waals surface area (Å²) in [5, 5.41) is 13.9. The first kappa shape index (κ1) is 16.4. The number of anilines is 1. The summed E-state index contributed by atoms with van der Waals surface area (Å²) in [5.41, 5.74) is 1.62. The van der Waals surface area contributed by atoms with Gasteiger partial charge in [-0.2, -0.15) is 0 Å². The highest BCUT2D eigenvalue weighted by molar-refractivity contribution is 5.94. The quantitative estimate of drug-likeness (QED) is 0.874. The third kappa shape index (κ3) is 3.62. The molecule has 0 radical (unpaired) electrons. The van der Waals surface area contributed by atoms with Crippen molar-refractivity contribution in [1.82, 2.24) is 20.1 Å². The van der Waals surface area contributed by atoms with E-state index in [2.05, 4.69) is 20.8 Å². The minimum atomic E-state index is -0.447. The minimum Gasteiger partial charge on any atom is -0.366 e. The number of morpholine rings is 1. The van der Waals surface area contributed by atoms with Crippen molar-refractivity contribution >= 4 is 24.0 Å². The van der Waals surface area contributed by atoms with E-state index in [1.54, 1.807) is 6.33 Å². The Labute approximate surface area is 134 Å². The van der Waals surface area contributed by atoms with Crippen LogP contribution in [0.3, 0.4) is 0 Å². The number of carbonyl (C=O) groups excluding carboxylic acids is 1. The Bertz CT molecular complexity index is 640. The van der Waals surface area contributed by atoms with Gasteiger partial charge in [-0.3, -0.25) is 4.79 Å². The van der Waals surface area contributed by atoms with Gasteiger partial charge in [-0.1, -0.05) is 12.1 Å². The van der Waals surface area contributed by atoms with Gasteiger partial charge in [0, 0.05) is 31.4 Å². The molecule has 2 aromatic rings. The molecule has 1 fully saturated rings. The van der Waals surface area contributed by atoms with E-state index in [0.29, 0.717) is 13.2 Å². The van der Waals surface area contributed by atoms with Crippen molar-refractivity contribution in [3.63, 3.8) is 0 Å². The lowest BCUT2D eigenvalue weighted by molar-refractivity contribution is -0.128. The first-order chi connectivity index (χ1) is 10.2. The van der Waals surface area contributed by atoms with E-state index >= 15 is 0 Å². The first-order valence-electron chi connectivity index (χ1n) is 6.81. The summed E-state index contributed by atoms with van der Waals surface area (Å²) in [6.07, 6.45) is 1.19. The number of halogens is 1. The molecule has 3 rings (SSSR count). The highest BCUT2D eigenvalue weighted by Crippen LogP contribution is 2.20. The van der Waals surface area contributed by atoms with Crippen LogP contribution in [0.1, 0.15) is 0 Å². The first-order valence-corrected chi connectivity index (χ1v) is 6.81. The van der Waals surface area contributed by atoms with Crippen LogP contribution in [0.2, 0.25) is 0 Å². The van der Waals surface area contributed by atoms with E-state index in [4.69, 9.17) is 4.74 Å². The molecular weight excluding hydrogens is 306 g/mol. The summed E-state index contributed by atoms with van der Waals surface area (Å²) in [5.74, 6) is 0.610. The molecule has 1 aromatic carbocycles. The third-order valence-corrected chi connectivity index (χ3v) is 3.32. The fourth-order valence-corrected chi connectivity index (χ4v) is 2.24. The summed E-state index contributed by atoms with van der Waals surface area (Å²) >= 11 is 0. The molecule has 22 heavy (non-hydrogen) atoms. The average molecular weight is 324 g/mol. The van der Waals surface area contributed by atoms with Gasteiger partial charge < -0.3 is 19.9 Å². The van der Waals surface area contributed by atoms with Gasteiger partial charge in [0.2, 0.25) is 0 Å². The maximum atomic E-state index is 12.1. The van der Waals surface area contributed by atoms with Crippen LogP contribution in [0.25, 0.3) is 11.4 Å². The standard InChI is InChI=1S/C14H17N5O2.ClH/c1-19-9-16-18-13(19)10-3-2-4-11(7-10)17-14(20)12-8-15-5-6-21-12;/h2-4,7,9,12,15H,5-6,8H2,1H3,(H,17,20);1H. The number of aryl methyl sites for hydroxylation is 1. The van der Waals surface area contributed by atoms with Crippen LogP contribution in [0.4, 0.5) is 5.69 Å². The second-order valence-electron chi connectivity index (χ2n) is 4.90. The van der Waals surface area contributed by atoms with Gasteiger partial charge in [0.1, 0.15) is 12.4 Å². The lowest BCUT2D eigenvalue weighted by atomic mass is 10.2. The van der Waals surface area contributed by atoms with Crippen LogP contribution in [-0.2, 0) is 16.6 Å². The molecule has 0 aliphatic carbocycles. The van der Waals surface area contributed by atoms with Gasteiger partial charge in [-0.15, -0.1) is 22.6 Å². The number of benzene rings is 1. The Hall–Kier alpha value is -1.96. The van der Waals surface area contributed by atoms with Crippen LogP contribution in [0, 0.1) is 0 Å². The van der Waals surface area contributed by atoms with Crippen LogP contribution in [0.15, 0.2) is 30.6 Å². The highest BCUT2D eigenvalue weighted by atomic mass is 35.5. The molecule has 1 saturated heterocycles.